The molecule has 10 heteroatoms. The van der Waals surface area contributed by atoms with Crippen LogP contribution in [0.2, 0.25) is 0 Å². The molecule has 0 radical (unpaired) electrons. The number of primary amides is 1. The van der Waals surface area contributed by atoms with Gasteiger partial charge in [0.05, 0.1) is 23.2 Å². The summed E-state index contributed by atoms with van der Waals surface area (Å²) in [6, 6.07) is 7.09. The number of oxazole rings is 1. The molecule has 0 aliphatic carbocycles. The predicted molar refractivity (Wildman–Crippen MR) is 95.4 cm³/mol. The Morgan fingerprint density at radius 3 is 3.00 bits per heavy atom. The second-order valence-corrected chi connectivity index (χ2v) is 6.45. The second kappa shape index (κ2) is 6.05. The van der Waals surface area contributed by atoms with E-state index in [2.05, 4.69) is 20.1 Å². The average Bonchev–Trinajstić information content (AvgIpc) is 3.44. The Morgan fingerprint density at radius 2 is 2.18 bits per heavy atom. The van der Waals surface area contributed by atoms with Gasteiger partial charge in [0.15, 0.2) is 12.1 Å². The lowest BCUT2D eigenvalue weighted by atomic mass is 9.99. The maximum Gasteiger partial charge on any atom is 0.293 e. The number of nitrogens with one attached hydrogen (secondary N) is 1. The highest BCUT2D eigenvalue weighted by atomic mass is 16.4. The van der Waals surface area contributed by atoms with Gasteiger partial charge in [0.1, 0.15) is 6.04 Å². The molecule has 0 bridgehead atoms. The molecule has 140 valence electrons. The third kappa shape index (κ3) is 2.38. The number of hydrogen-bond donors (Lipinski definition) is 2. The van der Waals surface area contributed by atoms with E-state index in [1.54, 1.807) is 15.7 Å². The highest BCUT2D eigenvalue weighted by molar-refractivity contribution is 6.03. The molecular formula is C18H15N7O3. The van der Waals surface area contributed by atoms with Gasteiger partial charge < -0.3 is 20.0 Å². The lowest BCUT2D eigenvalue weighted by molar-refractivity contribution is 0.0649. The molecule has 28 heavy (non-hydrogen) atoms. The van der Waals surface area contributed by atoms with Gasteiger partial charge in [-0.15, -0.1) is 0 Å². The first kappa shape index (κ1) is 16.2. The van der Waals surface area contributed by atoms with E-state index in [1.165, 1.54) is 0 Å². The first-order chi connectivity index (χ1) is 13.6. The molecule has 0 saturated carbocycles. The number of aromatic nitrogens is 5. The molecule has 1 unspecified atom stereocenters. The normalized spacial score (nSPS) is 16.3. The van der Waals surface area contributed by atoms with E-state index < -0.39 is 17.9 Å². The van der Waals surface area contributed by atoms with E-state index in [0.717, 1.165) is 17.6 Å². The summed E-state index contributed by atoms with van der Waals surface area (Å²) in [5.41, 5.74) is 8.34. The van der Waals surface area contributed by atoms with Gasteiger partial charge in [0.2, 0.25) is 5.76 Å². The van der Waals surface area contributed by atoms with Gasteiger partial charge in [-0.1, -0.05) is 6.07 Å². The third-order valence-corrected chi connectivity index (χ3v) is 4.85. The maximum atomic E-state index is 13.2. The molecule has 1 aliphatic rings. The molecule has 4 aromatic heterocycles. The molecule has 2 amide bonds. The van der Waals surface area contributed by atoms with Gasteiger partial charge in [-0.25, -0.2) is 14.5 Å². The molecule has 5 heterocycles. The van der Waals surface area contributed by atoms with Gasteiger partial charge in [0, 0.05) is 24.9 Å². The van der Waals surface area contributed by atoms with Crippen molar-refractivity contribution < 1.29 is 14.0 Å². The number of carbonyl (C=O) groups excluding carboxylic acids is 2. The van der Waals surface area contributed by atoms with Crippen LogP contribution in [0.4, 0.5) is 0 Å². The quantitative estimate of drug-likeness (QED) is 0.545. The maximum absolute atomic E-state index is 13.2. The molecule has 0 aromatic carbocycles. The Kier molecular flexibility index (Phi) is 3.51. The van der Waals surface area contributed by atoms with Crippen molar-refractivity contribution in [2.45, 2.75) is 12.5 Å². The number of aromatic amines is 1. The van der Waals surface area contributed by atoms with E-state index in [9.17, 15) is 9.59 Å². The predicted octanol–water partition coefficient (Wildman–Crippen LogP) is 0.932. The van der Waals surface area contributed by atoms with E-state index in [1.807, 2.05) is 30.5 Å². The lowest BCUT2D eigenvalue weighted by Crippen LogP contribution is -2.41. The number of H-pyrrole nitrogens is 1. The first-order valence-electron chi connectivity index (χ1n) is 8.64. The highest BCUT2D eigenvalue weighted by Gasteiger charge is 2.38. The molecule has 10 nitrogen and oxygen atoms in total. The molecule has 1 atom stereocenters. The number of fused-ring (bicyclic) bond motifs is 2. The number of pyridine rings is 1. The Bertz CT molecular complexity index is 1170. The molecule has 0 saturated heterocycles. The minimum atomic E-state index is -0.821. The van der Waals surface area contributed by atoms with E-state index in [4.69, 9.17) is 10.2 Å². The summed E-state index contributed by atoms with van der Waals surface area (Å²) in [5, 5.41) is 4.62. The van der Waals surface area contributed by atoms with Crippen LogP contribution >= 0.6 is 0 Å². The van der Waals surface area contributed by atoms with Crippen molar-refractivity contribution in [2.75, 3.05) is 6.54 Å². The zero-order chi connectivity index (χ0) is 19.3. The second-order valence-electron chi connectivity index (χ2n) is 6.45. The Balaban J connectivity index is 1.63. The minimum Gasteiger partial charge on any atom is -0.437 e. The lowest BCUT2D eigenvalue weighted by Gasteiger charge is -2.33. The topological polar surface area (TPSA) is 135 Å². The zero-order valence-electron chi connectivity index (χ0n) is 14.6. The van der Waals surface area contributed by atoms with Crippen molar-refractivity contribution >= 4 is 17.3 Å². The first-order valence-corrected chi connectivity index (χ1v) is 8.64. The average molecular weight is 377 g/mol. The summed E-state index contributed by atoms with van der Waals surface area (Å²) in [5.74, 6) is -1.49. The summed E-state index contributed by atoms with van der Waals surface area (Å²) < 4.78 is 6.93. The summed E-state index contributed by atoms with van der Waals surface area (Å²) in [6.07, 6.45) is 5.06. The van der Waals surface area contributed by atoms with Crippen LogP contribution in [0.3, 0.4) is 0 Å². The van der Waals surface area contributed by atoms with Crippen LogP contribution in [0, 0.1) is 0 Å². The highest BCUT2D eigenvalue weighted by Crippen LogP contribution is 2.34. The van der Waals surface area contributed by atoms with E-state index in [0.29, 0.717) is 24.4 Å². The van der Waals surface area contributed by atoms with Gasteiger partial charge in [-0.3, -0.25) is 9.59 Å². The van der Waals surface area contributed by atoms with Crippen LogP contribution in [0.5, 0.6) is 0 Å². The van der Waals surface area contributed by atoms with Crippen LogP contribution in [-0.2, 0) is 6.42 Å². The molecule has 5 rings (SSSR count). The summed E-state index contributed by atoms with van der Waals surface area (Å²) in [7, 11) is 0. The van der Waals surface area contributed by atoms with Gasteiger partial charge in [0.25, 0.3) is 11.8 Å². The number of hydrogen-bond acceptors (Lipinski definition) is 6. The third-order valence-electron chi connectivity index (χ3n) is 4.85. The molecule has 0 spiro atoms. The fourth-order valence-electron chi connectivity index (χ4n) is 3.59. The number of amides is 2. The Morgan fingerprint density at radius 1 is 1.29 bits per heavy atom. The van der Waals surface area contributed by atoms with Crippen LogP contribution in [0.25, 0.3) is 5.52 Å². The fraction of sp³-hybridized carbons (Fsp3) is 0.167. The van der Waals surface area contributed by atoms with Crippen molar-refractivity contribution in [3.63, 3.8) is 0 Å². The molecule has 3 N–H and O–H groups in total. The Hall–Kier alpha value is -3.95. The van der Waals surface area contributed by atoms with Gasteiger partial charge >= 0.3 is 0 Å². The monoisotopic (exact) mass is 377 g/mol. The van der Waals surface area contributed by atoms with Crippen molar-refractivity contribution in [3.8, 4) is 0 Å². The SMILES string of the molecule is NC(=O)c1ncoc1C(=O)N1CCc2[nH]cnc2C1c1cc2ccccn2n1. The number of imidazole rings is 1. The van der Waals surface area contributed by atoms with Crippen LogP contribution < -0.4 is 5.73 Å². The van der Waals surface area contributed by atoms with Crippen molar-refractivity contribution in [3.05, 3.63) is 71.7 Å². The van der Waals surface area contributed by atoms with Crippen LogP contribution in [-0.4, -0.2) is 47.8 Å². The van der Waals surface area contributed by atoms with Crippen LogP contribution in [0.1, 0.15) is 44.2 Å². The number of nitrogens with two attached hydrogens (primary N) is 1. The molecule has 1 aliphatic heterocycles. The Labute approximate surface area is 158 Å². The number of nitrogens with zero attached hydrogens (tertiary/aromatic N) is 5. The van der Waals surface area contributed by atoms with Crippen molar-refractivity contribution in [1.29, 1.82) is 0 Å². The molecule has 4 aromatic rings. The van der Waals surface area contributed by atoms with E-state index in [-0.39, 0.29) is 11.5 Å². The van der Waals surface area contributed by atoms with Gasteiger partial charge in [-0.2, -0.15) is 5.10 Å². The van der Waals surface area contributed by atoms with Gasteiger partial charge in [-0.05, 0) is 18.2 Å². The standard InChI is InChI=1S/C18H15N7O3/c19-17(26)14-16(28-9-22-14)18(27)24-6-4-11-13(21-8-20-11)15(24)12-7-10-3-1-2-5-25(10)23-12/h1-3,5,7-9,15H,4,6H2,(H2,19,26)(H,20,21). The van der Waals surface area contributed by atoms with Crippen molar-refractivity contribution in [2.24, 2.45) is 5.73 Å². The smallest absolute Gasteiger partial charge is 0.293 e. The van der Waals surface area contributed by atoms with Crippen LogP contribution in [0.15, 0.2) is 47.6 Å². The molecular weight excluding hydrogens is 362 g/mol. The summed E-state index contributed by atoms with van der Waals surface area (Å²) in [6.45, 7) is 0.394. The molecule has 0 fully saturated rings. The minimum absolute atomic E-state index is 0.180. The summed E-state index contributed by atoms with van der Waals surface area (Å²) in [4.78, 5) is 37.7. The van der Waals surface area contributed by atoms with Crippen molar-refractivity contribution in [1.82, 2.24) is 29.5 Å². The number of carbonyl (C=O) groups is 2. The van der Waals surface area contributed by atoms with E-state index >= 15 is 0 Å². The largest absolute Gasteiger partial charge is 0.437 e. The zero-order valence-corrected chi connectivity index (χ0v) is 14.6. The number of rotatable bonds is 3. The summed E-state index contributed by atoms with van der Waals surface area (Å²) >= 11 is 0. The fourth-order valence-corrected chi connectivity index (χ4v) is 3.59.